The van der Waals surface area contributed by atoms with Gasteiger partial charge in [-0.05, 0) is 48.7 Å². The second kappa shape index (κ2) is 8.74. The number of thioether (sulfide) groups is 1. The van der Waals surface area contributed by atoms with E-state index in [1.807, 2.05) is 49.4 Å². The van der Waals surface area contributed by atoms with Crippen molar-refractivity contribution in [2.24, 2.45) is 0 Å². The van der Waals surface area contributed by atoms with Crippen molar-refractivity contribution in [3.63, 3.8) is 0 Å². The van der Waals surface area contributed by atoms with E-state index in [0.717, 1.165) is 40.1 Å². The van der Waals surface area contributed by atoms with Gasteiger partial charge < -0.3 is 0 Å². The van der Waals surface area contributed by atoms with Gasteiger partial charge in [-0.2, -0.15) is 0 Å². The summed E-state index contributed by atoms with van der Waals surface area (Å²) >= 11 is 9.30. The SMILES string of the molecule is CCCc1sc2nc(SCc3ccccc3)n(-c3ccc(Cl)cc3)c(=O)c2c1C. The van der Waals surface area contributed by atoms with Crippen LogP contribution in [0.2, 0.25) is 5.02 Å². The largest absolute Gasteiger partial charge is 0.268 e. The molecule has 0 unspecified atom stereocenters. The molecule has 6 heteroatoms. The van der Waals surface area contributed by atoms with Crippen LogP contribution < -0.4 is 5.56 Å². The Balaban J connectivity index is 1.88. The van der Waals surface area contributed by atoms with E-state index in [0.29, 0.717) is 10.2 Å². The molecule has 2 aromatic heterocycles. The standard InChI is InChI=1S/C23H21ClN2OS2/c1-3-7-19-15(2)20-21(29-19)25-23(28-14-16-8-5-4-6-9-16)26(22(20)27)18-12-10-17(24)11-13-18/h4-6,8-13H,3,7,14H2,1-2H3. The second-order valence-electron chi connectivity index (χ2n) is 6.87. The highest BCUT2D eigenvalue weighted by Gasteiger charge is 2.19. The first-order chi connectivity index (χ1) is 14.1. The fourth-order valence-electron chi connectivity index (χ4n) is 3.31. The lowest BCUT2D eigenvalue weighted by Gasteiger charge is -2.12. The molecule has 0 bridgehead atoms. The number of nitrogens with zero attached hydrogens (tertiary/aromatic N) is 2. The van der Waals surface area contributed by atoms with Crippen LogP contribution in [-0.2, 0) is 12.2 Å². The molecule has 0 atom stereocenters. The number of rotatable bonds is 6. The molecule has 2 aromatic carbocycles. The normalized spacial score (nSPS) is 11.3. The Bertz CT molecular complexity index is 1200. The van der Waals surface area contributed by atoms with E-state index in [4.69, 9.17) is 16.6 Å². The number of aryl methyl sites for hydroxylation is 2. The molecule has 0 aliphatic carbocycles. The summed E-state index contributed by atoms with van der Waals surface area (Å²) in [6.07, 6.45) is 2.02. The summed E-state index contributed by atoms with van der Waals surface area (Å²) < 4.78 is 1.72. The average molecular weight is 441 g/mol. The molecule has 0 aliphatic rings. The zero-order valence-corrected chi connectivity index (χ0v) is 18.7. The van der Waals surface area contributed by atoms with E-state index in [2.05, 4.69) is 19.1 Å². The lowest BCUT2D eigenvalue weighted by Crippen LogP contribution is -2.21. The molecule has 4 rings (SSSR count). The van der Waals surface area contributed by atoms with Crippen molar-refractivity contribution < 1.29 is 0 Å². The predicted octanol–water partition coefficient (Wildman–Crippen LogP) is 6.65. The predicted molar refractivity (Wildman–Crippen MR) is 125 cm³/mol. The van der Waals surface area contributed by atoms with Crippen molar-refractivity contribution in [1.29, 1.82) is 0 Å². The Kier molecular flexibility index (Phi) is 6.09. The van der Waals surface area contributed by atoms with E-state index in [9.17, 15) is 4.79 Å². The molecule has 0 aliphatic heterocycles. The van der Waals surface area contributed by atoms with Crippen LogP contribution in [0, 0.1) is 6.92 Å². The Morgan fingerprint density at radius 3 is 2.52 bits per heavy atom. The summed E-state index contributed by atoms with van der Waals surface area (Å²) in [5, 5.41) is 2.08. The van der Waals surface area contributed by atoms with Crippen molar-refractivity contribution in [2.45, 2.75) is 37.6 Å². The van der Waals surface area contributed by atoms with Gasteiger partial charge in [0.25, 0.3) is 5.56 Å². The Labute approximate surface area is 183 Å². The average Bonchev–Trinajstić information content (AvgIpc) is 3.04. The minimum Gasteiger partial charge on any atom is -0.268 e. The maximum atomic E-state index is 13.6. The van der Waals surface area contributed by atoms with Crippen molar-refractivity contribution in [2.75, 3.05) is 0 Å². The summed E-state index contributed by atoms with van der Waals surface area (Å²) in [4.78, 5) is 20.6. The molecule has 0 N–H and O–H groups in total. The maximum absolute atomic E-state index is 13.6. The first-order valence-corrected chi connectivity index (χ1v) is 11.7. The summed E-state index contributed by atoms with van der Waals surface area (Å²) in [6, 6.07) is 17.6. The molecular formula is C23H21ClN2OS2. The molecule has 4 aromatic rings. The maximum Gasteiger partial charge on any atom is 0.267 e. The Morgan fingerprint density at radius 1 is 1.10 bits per heavy atom. The van der Waals surface area contributed by atoms with Gasteiger partial charge >= 0.3 is 0 Å². The summed E-state index contributed by atoms with van der Waals surface area (Å²) in [5.41, 5.74) is 3.03. The highest BCUT2D eigenvalue weighted by molar-refractivity contribution is 7.98. The van der Waals surface area contributed by atoms with E-state index >= 15 is 0 Å². The fraction of sp³-hybridized carbons (Fsp3) is 0.217. The van der Waals surface area contributed by atoms with Crippen LogP contribution >= 0.6 is 34.7 Å². The Morgan fingerprint density at radius 2 is 1.83 bits per heavy atom. The highest BCUT2D eigenvalue weighted by atomic mass is 35.5. The molecule has 2 heterocycles. The van der Waals surface area contributed by atoms with Crippen molar-refractivity contribution in [3.8, 4) is 5.69 Å². The van der Waals surface area contributed by atoms with Gasteiger partial charge in [0.05, 0.1) is 11.1 Å². The van der Waals surface area contributed by atoms with Crippen LogP contribution in [0.25, 0.3) is 15.9 Å². The summed E-state index contributed by atoms with van der Waals surface area (Å²) in [5.74, 6) is 0.749. The van der Waals surface area contributed by atoms with Gasteiger partial charge in [0.15, 0.2) is 5.16 Å². The molecule has 148 valence electrons. The first kappa shape index (κ1) is 20.2. The lowest BCUT2D eigenvalue weighted by molar-refractivity contribution is 0.821. The van der Waals surface area contributed by atoms with E-state index < -0.39 is 0 Å². The van der Waals surface area contributed by atoms with Crippen molar-refractivity contribution in [3.05, 3.63) is 86.0 Å². The molecule has 0 fully saturated rings. The minimum atomic E-state index is -0.0102. The number of halogens is 1. The van der Waals surface area contributed by atoms with Crippen LogP contribution in [0.1, 0.15) is 29.3 Å². The van der Waals surface area contributed by atoms with E-state index in [1.165, 1.54) is 10.4 Å². The van der Waals surface area contributed by atoms with Crippen LogP contribution in [0.4, 0.5) is 0 Å². The summed E-state index contributed by atoms with van der Waals surface area (Å²) in [6.45, 7) is 4.19. The van der Waals surface area contributed by atoms with Gasteiger partial charge in [-0.25, -0.2) is 4.98 Å². The van der Waals surface area contributed by atoms with E-state index in [-0.39, 0.29) is 5.56 Å². The van der Waals surface area contributed by atoms with Crippen LogP contribution in [0.5, 0.6) is 0 Å². The molecule has 0 saturated heterocycles. The molecule has 0 radical (unpaired) electrons. The molecule has 29 heavy (non-hydrogen) atoms. The molecule has 3 nitrogen and oxygen atoms in total. The lowest BCUT2D eigenvalue weighted by atomic mass is 10.1. The minimum absolute atomic E-state index is 0.0102. The zero-order valence-electron chi connectivity index (χ0n) is 16.3. The number of benzene rings is 2. The third-order valence-corrected chi connectivity index (χ3v) is 7.31. The number of fused-ring (bicyclic) bond motifs is 1. The number of hydrogen-bond acceptors (Lipinski definition) is 4. The number of aromatic nitrogens is 2. The quantitative estimate of drug-likeness (QED) is 0.248. The van der Waals surface area contributed by atoms with E-state index in [1.54, 1.807) is 27.7 Å². The molecule has 0 spiro atoms. The van der Waals surface area contributed by atoms with Crippen LogP contribution in [0.15, 0.2) is 64.5 Å². The first-order valence-electron chi connectivity index (χ1n) is 9.56. The Hall–Kier alpha value is -2.08. The molecule has 0 saturated carbocycles. The van der Waals surface area contributed by atoms with Gasteiger partial charge in [-0.15, -0.1) is 11.3 Å². The van der Waals surface area contributed by atoms with Gasteiger partial charge in [0.1, 0.15) is 4.83 Å². The monoisotopic (exact) mass is 440 g/mol. The van der Waals surface area contributed by atoms with Gasteiger partial charge in [-0.1, -0.05) is 67.0 Å². The molecular weight excluding hydrogens is 420 g/mol. The molecule has 0 amide bonds. The number of thiophene rings is 1. The zero-order chi connectivity index (χ0) is 20.4. The highest BCUT2D eigenvalue weighted by Crippen LogP contribution is 2.32. The topological polar surface area (TPSA) is 34.9 Å². The van der Waals surface area contributed by atoms with Gasteiger partial charge in [-0.3, -0.25) is 9.36 Å². The van der Waals surface area contributed by atoms with Crippen molar-refractivity contribution in [1.82, 2.24) is 9.55 Å². The van der Waals surface area contributed by atoms with Crippen LogP contribution in [0.3, 0.4) is 0 Å². The second-order valence-corrected chi connectivity index (χ2v) is 9.33. The fourth-order valence-corrected chi connectivity index (χ4v) is 5.73. The van der Waals surface area contributed by atoms with Crippen molar-refractivity contribution >= 4 is 44.9 Å². The summed E-state index contributed by atoms with van der Waals surface area (Å²) in [7, 11) is 0. The number of hydrogen-bond donors (Lipinski definition) is 0. The third-order valence-electron chi connectivity index (χ3n) is 4.81. The van der Waals surface area contributed by atoms with Gasteiger partial charge in [0, 0.05) is 15.7 Å². The van der Waals surface area contributed by atoms with Gasteiger partial charge in [0.2, 0.25) is 0 Å². The third kappa shape index (κ3) is 4.13. The van der Waals surface area contributed by atoms with Crippen LogP contribution in [-0.4, -0.2) is 9.55 Å². The smallest absolute Gasteiger partial charge is 0.267 e.